The molecular formula is C23H31N3O3S. The van der Waals surface area contributed by atoms with Crippen LogP contribution in [0.3, 0.4) is 0 Å². The lowest BCUT2D eigenvalue weighted by atomic mass is 10.0. The van der Waals surface area contributed by atoms with Crippen molar-refractivity contribution in [1.82, 2.24) is 9.62 Å². The van der Waals surface area contributed by atoms with Crippen LogP contribution in [0.1, 0.15) is 43.5 Å². The van der Waals surface area contributed by atoms with Crippen molar-refractivity contribution in [3.05, 3.63) is 60.2 Å². The molecule has 3 rings (SSSR count). The fraction of sp³-hybridized carbons (Fsp3) is 0.435. The number of carbonyl (C=O) groups excluding carboxylic acids is 1. The van der Waals surface area contributed by atoms with Crippen molar-refractivity contribution in [2.75, 3.05) is 25.0 Å². The van der Waals surface area contributed by atoms with Gasteiger partial charge in [-0.2, -0.15) is 4.31 Å². The maximum absolute atomic E-state index is 12.9. The predicted molar refractivity (Wildman–Crippen MR) is 120 cm³/mol. The number of anilines is 1. The van der Waals surface area contributed by atoms with Gasteiger partial charge in [0.2, 0.25) is 10.0 Å². The third kappa shape index (κ3) is 5.61. The van der Waals surface area contributed by atoms with Gasteiger partial charge in [0, 0.05) is 36.9 Å². The van der Waals surface area contributed by atoms with Gasteiger partial charge >= 0.3 is 0 Å². The normalized spacial score (nSPS) is 16.2. The van der Waals surface area contributed by atoms with E-state index in [0.29, 0.717) is 31.1 Å². The van der Waals surface area contributed by atoms with Crippen molar-refractivity contribution in [3.8, 4) is 0 Å². The lowest BCUT2D eigenvalue weighted by Gasteiger charge is -2.26. The lowest BCUT2D eigenvalue weighted by Crippen LogP contribution is -2.39. The Morgan fingerprint density at radius 2 is 1.70 bits per heavy atom. The molecule has 1 aliphatic heterocycles. The molecule has 1 amide bonds. The van der Waals surface area contributed by atoms with E-state index in [0.717, 1.165) is 24.9 Å². The summed E-state index contributed by atoms with van der Waals surface area (Å²) >= 11 is 0. The van der Waals surface area contributed by atoms with Crippen molar-refractivity contribution in [3.63, 3.8) is 0 Å². The van der Waals surface area contributed by atoms with Crippen LogP contribution in [0.4, 0.5) is 5.69 Å². The van der Waals surface area contributed by atoms with Gasteiger partial charge < -0.3 is 10.6 Å². The van der Waals surface area contributed by atoms with Gasteiger partial charge in [-0.25, -0.2) is 8.42 Å². The van der Waals surface area contributed by atoms with E-state index in [9.17, 15) is 13.2 Å². The highest BCUT2D eigenvalue weighted by atomic mass is 32.2. The van der Waals surface area contributed by atoms with E-state index in [1.54, 1.807) is 18.2 Å². The lowest BCUT2D eigenvalue weighted by molar-refractivity contribution is 0.0950. The van der Waals surface area contributed by atoms with E-state index in [1.807, 2.05) is 30.3 Å². The van der Waals surface area contributed by atoms with Crippen molar-refractivity contribution in [1.29, 1.82) is 0 Å². The molecule has 1 aliphatic rings. The standard InChI is InChI=1S/C23H31N3O3S/c1-18(2)22(25-20-11-5-3-6-12-20)17-24-23(27)19-10-9-13-21(16-19)30(28,29)26-14-7-4-8-15-26/h3,5-6,9-13,16,18,22,25H,4,7-8,14-15,17H2,1-2H3,(H,24,27). The first kappa shape index (κ1) is 22.3. The van der Waals surface area contributed by atoms with Crippen molar-refractivity contribution in [2.24, 2.45) is 5.92 Å². The molecule has 1 fully saturated rings. The number of hydrogen-bond donors (Lipinski definition) is 2. The Bertz CT molecular complexity index is 939. The number of piperidine rings is 1. The topological polar surface area (TPSA) is 78.5 Å². The molecule has 6 nitrogen and oxygen atoms in total. The Morgan fingerprint density at radius 1 is 1.00 bits per heavy atom. The number of para-hydroxylation sites is 1. The maximum Gasteiger partial charge on any atom is 0.251 e. The van der Waals surface area contributed by atoms with Gasteiger partial charge in [0.1, 0.15) is 0 Å². The third-order valence-electron chi connectivity index (χ3n) is 5.46. The zero-order chi connectivity index (χ0) is 21.6. The van der Waals surface area contributed by atoms with Gasteiger partial charge in [-0.3, -0.25) is 4.79 Å². The third-order valence-corrected chi connectivity index (χ3v) is 7.36. The van der Waals surface area contributed by atoms with Crippen LogP contribution in [0.25, 0.3) is 0 Å². The first-order valence-corrected chi connectivity index (χ1v) is 12.0. The van der Waals surface area contributed by atoms with Gasteiger partial charge in [0.25, 0.3) is 5.91 Å². The number of rotatable bonds is 8. The first-order chi connectivity index (χ1) is 14.4. The van der Waals surface area contributed by atoms with Gasteiger partial charge in [0.15, 0.2) is 0 Å². The smallest absolute Gasteiger partial charge is 0.251 e. The fourth-order valence-corrected chi connectivity index (χ4v) is 5.12. The predicted octanol–water partition coefficient (Wildman–Crippen LogP) is 3.73. The van der Waals surface area contributed by atoms with Crippen molar-refractivity contribution >= 4 is 21.6 Å². The molecule has 0 saturated carbocycles. The van der Waals surface area contributed by atoms with E-state index >= 15 is 0 Å². The van der Waals surface area contributed by atoms with E-state index in [4.69, 9.17) is 0 Å². The molecular weight excluding hydrogens is 398 g/mol. The molecule has 0 bridgehead atoms. The summed E-state index contributed by atoms with van der Waals surface area (Å²) in [6.07, 6.45) is 2.82. The molecule has 0 spiro atoms. The van der Waals surface area contributed by atoms with Gasteiger partial charge in [-0.15, -0.1) is 0 Å². The highest BCUT2D eigenvalue weighted by molar-refractivity contribution is 7.89. The van der Waals surface area contributed by atoms with Crippen molar-refractivity contribution < 1.29 is 13.2 Å². The molecule has 1 heterocycles. The van der Waals surface area contributed by atoms with Crippen LogP contribution < -0.4 is 10.6 Å². The van der Waals surface area contributed by atoms with Crippen molar-refractivity contribution in [2.45, 2.75) is 44.0 Å². The first-order valence-electron chi connectivity index (χ1n) is 10.6. The largest absolute Gasteiger partial charge is 0.380 e. The second-order valence-corrected chi connectivity index (χ2v) is 10.0. The molecule has 1 unspecified atom stereocenters. The Morgan fingerprint density at radius 3 is 2.37 bits per heavy atom. The number of amides is 1. The summed E-state index contributed by atoms with van der Waals surface area (Å²) in [4.78, 5) is 12.9. The molecule has 0 aromatic heterocycles. The number of nitrogens with zero attached hydrogens (tertiary/aromatic N) is 1. The number of nitrogens with one attached hydrogen (secondary N) is 2. The second kappa shape index (κ2) is 10.1. The zero-order valence-corrected chi connectivity index (χ0v) is 18.5. The Kier molecular flexibility index (Phi) is 7.50. The molecule has 30 heavy (non-hydrogen) atoms. The van der Waals surface area contributed by atoms with Crippen LogP contribution in [0.15, 0.2) is 59.5 Å². The van der Waals surface area contributed by atoms with E-state index in [2.05, 4.69) is 24.5 Å². The molecule has 162 valence electrons. The summed E-state index contributed by atoms with van der Waals surface area (Å²) in [6, 6.07) is 16.3. The van der Waals surface area contributed by atoms with Crippen LogP contribution in [-0.4, -0.2) is 44.3 Å². The minimum absolute atomic E-state index is 0.0524. The van der Waals surface area contributed by atoms with Crippen LogP contribution in [0, 0.1) is 5.92 Å². The average Bonchev–Trinajstić information content (AvgIpc) is 2.77. The summed E-state index contributed by atoms with van der Waals surface area (Å²) in [5, 5.41) is 6.40. The van der Waals surface area contributed by atoms with Gasteiger partial charge in [0.05, 0.1) is 4.90 Å². The van der Waals surface area contributed by atoms with Crippen LogP contribution >= 0.6 is 0 Å². The highest BCUT2D eigenvalue weighted by Crippen LogP contribution is 2.21. The zero-order valence-electron chi connectivity index (χ0n) is 17.7. The maximum atomic E-state index is 12.9. The molecule has 2 N–H and O–H groups in total. The van der Waals surface area contributed by atoms with Crippen LogP contribution in [0.5, 0.6) is 0 Å². The fourth-order valence-electron chi connectivity index (χ4n) is 3.56. The summed E-state index contributed by atoms with van der Waals surface area (Å²) in [5.41, 5.74) is 1.36. The molecule has 1 saturated heterocycles. The quantitative estimate of drug-likeness (QED) is 0.670. The molecule has 0 aliphatic carbocycles. The van der Waals surface area contributed by atoms with Gasteiger partial charge in [-0.05, 0) is 49.1 Å². The summed E-state index contributed by atoms with van der Waals surface area (Å²) in [7, 11) is -3.56. The highest BCUT2D eigenvalue weighted by Gasteiger charge is 2.26. The molecule has 2 aromatic carbocycles. The summed E-state index contributed by atoms with van der Waals surface area (Å²) in [5.74, 6) is 0.0301. The summed E-state index contributed by atoms with van der Waals surface area (Å²) in [6.45, 7) is 5.71. The number of sulfonamides is 1. The monoisotopic (exact) mass is 429 g/mol. The minimum Gasteiger partial charge on any atom is -0.380 e. The van der Waals surface area contributed by atoms with E-state index < -0.39 is 10.0 Å². The average molecular weight is 430 g/mol. The number of hydrogen-bond acceptors (Lipinski definition) is 4. The molecule has 2 aromatic rings. The van der Waals surface area contributed by atoms with Crippen LogP contribution in [0.2, 0.25) is 0 Å². The van der Waals surface area contributed by atoms with E-state index in [-0.39, 0.29) is 16.8 Å². The van der Waals surface area contributed by atoms with Gasteiger partial charge in [-0.1, -0.05) is 44.5 Å². The molecule has 7 heteroatoms. The Labute approximate surface area is 179 Å². The Hall–Kier alpha value is -2.38. The summed E-state index contributed by atoms with van der Waals surface area (Å²) < 4.78 is 27.3. The SMILES string of the molecule is CC(C)C(CNC(=O)c1cccc(S(=O)(=O)N2CCCCC2)c1)Nc1ccccc1. The Balaban J connectivity index is 1.67. The molecule has 0 radical (unpaired) electrons. The number of benzene rings is 2. The van der Waals surface area contributed by atoms with E-state index in [1.165, 1.54) is 10.4 Å². The minimum atomic E-state index is -3.56. The van der Waals surface area contributed by atoms with Crippen LogP contribution in [-0.2, 0) is 10.0 Å². The number of carbonyl (C=O) groups is 1. The second-order valence-electron chi connectivity index (χ2n) is 8.06. The molecule has 1 atom stereocenters.